The van der Waals surface area contributed by atoms with Crippen LogP contribution >= 0.6 is 11.3 Å². The lowest BCUT2D eigenvalue weighted by Crippen LogP contribution is -2.30. The summed E-state index contributed by atoms with van der Waals surface area (Å²) in [4.78, 5) is 28.6. The maximum atomic E-state index is 12.5. The molecule has 1 aliphatic rings. The van der Waals surface area contributed by atoms with E-state index in [9.17, 15) is 9.59 Å². The number of benzene rings is 1. The number of nitrogens with zero attached hydrogens (tertiary/aromatic N) is 1. The molecular formula is C17H18N2O3S. The van der Waals surface area contributed by atoms with Gasteiger partial charge in [-0.15, -0.1) is 11.3 Å². The Morgan fingerprint density at radius 3 is 2.87 bits per heavy atom. The zero-order valence-electron chi connectivity index (χ0n) is 12.8. The maximum absolute atomic E-state index is 12.5. The minimum atomic E-state index is -0.331. The lowest BCUT2D eigenvalue weighted by molar-refractivity contribution is -0.148. The molecule has 1 aromatic heterocycles. The molecule has 1 aromatic carbocycles. The normalized spacial score (nSPS) is 20.2. The number of thiazole rings is 1. The van der Waals surface area contributed by atoms with Gasteiger partial charge in [0, 0.05) is 22.8 Å². The van der Waals surface area contributed by atoms with Crippen LogP contribution in [0.1, 0.15) is 19.3 Å². The fourth-order valence-electron chi connectivity index (χ4n) is 3.04. The number of amides is 1. The van der Waals surface area contributed by atoms with Crippen LogP contribution in [0.2, 0.25) is 0 Å². The van der Waals surface area contributed by atoms with Crippen LogP contribution in [-0.4, -0.2) is 24.0 Å². The molecule has 5 nitrogen and oxygen atoms in total. The lowest BCUT2D eigenvalue weighted by atomic mass is 9.95. The van der Waals surface area contributed by atoms with E-state index in [2.05, 4.69) is 10.3 Å². The quantitative estimate of drug-likeness (QED) is 0.873. The molecule has 0 saturated heterocycles. The van der Waals surface area contributed by atoms with E-state index < -0.39 is 0 Å². The van der Waals surface area contributed by atoms with Crippen LogP contribution < -0.4 is 5.32 Å². The van der Waals surface area contributed by atoms with Crippen molar-refractivity contribution >= 4 is 28.9 Å². The third-order valence-electron chi connectivity index (χ3n) is 4.17. The second-order valence-corrected chi connectivity index (χ2v) is 6.47. The number of anilines is 1. The van der Waals surface area contributed by atoms with E-state index in [0.717, 1.165) is 29.1 Å². The largest absolute Gasteiger partial charge is 0.469 e. The molecule has 1 amide bonds. The molecule has 6 heteroatoms. The minimum absolute atomic E-state index is 0.116. The molecule has 0 spiro atoms. The van der Waals surface area contributed by atoms with E-state index in [1.54, 1.807) is 17.5 Å². The highest BCUT2D eigenvalue weighted by atomic mass is 32.1. The van der Waals surface area contributed by atoms with Gasteiger partial charge in [-0.2, -0.15) is 0 Å². The van der Waals surface area contributed by atoms with E-state index in [4.69, 9.17) is 4.74 Å². The van der Waals surface area contributed by atoms with Gasteiger partial charge in [-0.1, -0.05) is 18.6 Å². The van der Waals surface area contributed by atoms with Crippen LogP contribution in [0, 0.1) is 11.8 Å². The fourth-order valence-corrected chi connectivity index (χ4v) is 3.67. The van der Waals surface area contributed by atoms with Crippen LogP contribution in [-0.2, 0) is 14.3 Å². The monoisotopic (exact) mass is 330 g/mol. The molecule has 0 aliphatic heterocycles. The van der Waals surface area contributed by atoms with Crippen molar-refractivity contribution in [3.05, 3.63) is 35.8 Å². The Morgan fingerprint density at radius 2 is 2.13 bits per heavy atom. The zero-order valence-corrected chi connectivity index (χ0v) is 13.6. The number of esters is 1. The first-order valence-electron chi connectivity index (χ1n) is 7.57. The number of carbonyl (C=O) groups excluding carboxylic acids is 2. The summed E-state index contributed by atoms with van der Waals surface area (Å²) < 4.78 is 4.81. The van der Waals surface area contributed by atoms with Crippen molar-refractivity contribution in [2.75, 3.05) is 12.4 Å². The number of aromatic nitrogens is 1. The van der Waals surface area contributed by atoms with Crippen molar-refractivity contribution in [3.8, 4) is 10.6 Å². The topological polar surface area (TPSA) is 68.3 Å². The molecule has 2 atom stereocenters. The van der Waals surface area contributed by atoms with Gasteiger partial charge in [0.1, 0.15) is 5.01 Å². The van der Waals surface area contributed by atoms with Crippen LogP contribution in [0.25, 0.3) is 10.6 Å². The van der Waals surface area contributed by atoms with Gasteiger partial charge in [0.2, 0.25) is 5.91 Å². The minimum Gasteiger partial charge on any atom is -0.469 e. The maximum Gasteiger partial charge on any atom is 0.309 e. The first-order chi connectivity index (χ1) is 11.2. The fraction of sp³-hybridized carbons (Fsp3) is 0.353. The Morgan fingerprint density at radius 1 is 1.30 bits per heavy atom. The van der Waals surface area contributed by atoms with E-state index in [1.165, 1.54) is 7.11 Å². The molecule has 120 valence electrons. The Kier molecular flexibility index (Phi) is 4.71. The number of hydrogen-bond acceptors (Lipinski definition) is 5. The van der Waals surface area contributed by atoms with Crippen LogP contribution in [0.5, 0.6) is 0 Å². The molecule has 2 aromatic rings. The highest BCUT2D eigenvalue weighted by molar-refractivity contribution is 7.13. The lowest BCUT2D eigenvalue weighted by Gasteiger charge is -2.17. The Labute approximate surface area is 138 Å². The van der Waals surface area contributed by atoms with Gasteiger partial charge < -0.3 is 10.1 Å². The molecule has 0 radical (unpaired) electrons. The molecule has 1 heterocycles. The molecule has 23 heavy (non-hydrogen) atoms. The molecular weight excluding hydrogens is 312 g/mol. The Hall–Kier alpha value is -2.21. The van der Waals surface area contributed by atoms with E-state index in [1.807, 2.05) is 29.6 Å². The summed E-state index contributed by atoms with van der Waals surface area (Å²) in [7, 11) is 1.37. The molecule has 3 rings (SSSR count). The van der Waals surface area contributed by atoms with E-state index >= 15 is 0 Å². The molecule has 1 aliphatic carbocycles. The molecule has 1 fully saturated rings. The van der Waals surface area contributed by atoms with Crippen molar-refractivity contribution in [3.63, 3.8) is 0 Å². The highest BCUT2D eigenvalue weighted by Crippen LogP contribution is 2.34. The third-order valence-corrected chi connectivity index (χ3v) is 4.99. The smallest absolute Gasteiger partial charge is 0.309 e. The summed E-state index contributed by atoms with van der Waals surface area (Å²) in [6.45, 7) is 0. The first-order valence-corrected chi connectivity index (χ1v) is 8.45. The third kappa shape index (κ3) is 3.42. The first kappa shape index (κ1) is 15.7. The van der Waals surface area contributed by atoms with Crippen molar-refractivity contribution in [2.24, 2.45) is 11.8 Å². The van der Waals surface area contributed by atoms with Gasteiger partial charge in [-0.25, -0.2) is 4.98 Å². The number of methoxy groups -OCH3 is 1. The zero-order chi connectivity index (χ0) is 16.2. The average Bonchev–Trinajstić information content (AvgIpc) is 3.25. The van der Waals surface area contributed by atoms with E-state index in [-0.39, 0.29) is 23.7 Å². The van der Waals surface area contributed by atoms with Gasteiger partial charge >= 0.3 is 5.97 Å². The standard InChI is InChI=1S/C17H18N2O3S/c1-22-17(21)14-7-3-6-13(14)15(20)19-12-5-2-4-11(10-12)16-18-8-9-23-16/h2,4-5,8-10,13-14H,3,6-7H2,1H3,(H,19,20)/t13-,14+/m1/s1. The highest BCUT2D eigenvalue weighted by Gasteiger charge is 2.38. The Balaban J connectivity index is 1.73. The van der Waals surface area contributed by atoms with Gasteiger partial charge in [-0.05, 0) is 25.0 Å². The molecule has 1 N–H and O–H groups in total. The summed E-state index contributed by atoms with van der Waals surface area (Å²) >= 11 is 1.55. The number of carbonyl (C=O) groups is 2. The van der Waals surface area contributed by atoms with Crippen molar-refractivity contribution in [1.82, 2.24) is 4.98 Å². The predicted molar refractivity (Wildman–Crippen MR) is 89.0 cm³/mol. The Bertz CT molecular complexity index is 700. The average molecular weight is 330 g/mol. The number of hydrogen-bond donors (Lipinski definition) is 1. The van der Waals surface area contributed by atoms with Crippen molar-refractivity contribution < 1.29 is 14.3 Å². The second kappa shape index (κ2) is 6.91. The van der Waals surface area contributed by atoms with E-state index in [0.29, 0.717) is 6.42 Å². The van der Waals surface area contributed by atoms with Crippen LogP contribution in [0.4, 0.5) is 5.69 Å². The number of rotatable bonds is 4. The summed E-state index contributed by atoms with van der Waals surface area (Å²) in [6, 6.07) is 7.59. The van der Waals surface area contributed by atoms with Crippen LogP contribution in [0.15, 0.2) is 35.8 Å². The van der Waals surface area contributed by atoms with Gasteiger partial charge in [0.25, 0.3) is 0 Å². The second-order valence-electron chi connectivity index (χ2n) is 5.57. The van der Waals surface area contributed by atoms with Crippen molar-refractivity contribution in [1.29, 1.82) is 0 Å². The molecule has 0 bridgehead atoms. The van der Waals surface area contributed by atoms with Crippen LogP contribution in [0.3, 0.4) is 0 Å². The summed E-state index contributed by atoms with van der Waals surface area (Å²) in [5.74, 6) is -1.05. The van der Waals surface area contributed by atoms with Gasteiger partial charge in [0.05, 0.1) is 18.9 Å². The van der Waals surface area contributed by atoms with Gasteiger partial charge in [-0.3, -0.25) is 9.59 Å². The summed E-state index contributed by atoms with van der Waals surface area (Å²) in [5, 5.41) is 5.75. The number of nitrogens with one attached hydrogen (secondary N) is 1. The number of ether oxygens (including phenoxy) is 1. The summed E-state index contributed by atoms with van der Waals surface area (Å²) in [5.41, 5.74) is 1.69. The summed E-state index contributed by atoms with van der Waals surface area (Å²) in [6.07, 6.45) is 4.06. The van der Waals surface area contributed by atoms with Gasteiger partial charge in [0.15, 0.2) is 0 Å². The van der Waals surface area contributed by atoms with Crippen molar-refractivity contribution in [2.45, 2.75) is 19.3 Å². The SMILES string of the molecule is COC(=O)[C@H]1CCC[C@H]1C(=O)Nc1cccc(-c2nccs2)c1. The molecule has 1 saturated carbocycles. The predicted octanol–water partition coefficient (Wildman–Crippen LogP) is 3.34. The molecule has 0 unspecified atom stereocenters.